The van der Waals surface area contributed by atoms with Crippen molar-refractivity contribution < 1.29 is 24.2 Å². The summed E-state index contributed by atoms with van der Waals surface area (Å²) < 4.78 is 0. The summed E-state index contributed by atoms with van der Waals surface area (Å²) in [4.78, 5) is 27.9. The van der Waals surface area contributed by atoms with Gasteiger partial charge in [0.15, 0.2) is 0 Å². The number of benzene rings is 2. The molecule has 6 N–H and O–H groups in total. The summed E-state index contributed by atoms with van der Waals surface area (Å²) in [5.41, 5.74) is 13.8. The third-order valence-electron chi connectivity index (χ3n) is 7.23. The van der Waals surface area contributed by atoms with Crippen LogP contribution in [-0.4, -0.2) is 27.0 Å². The number of para-hydroxylation sites is 2. The Kier molecular flexibility index (Phi) is 39.4. The number of aliphatic carboxylic acids is 1. The number of nitrogens with one attached hydrogen (secondary N) is 3. The molecule has 2 aliphatic carbocycles. The maximum atomic E-state index is 11.6. The van der Waals surface area contributed by atoms with Crippen LogP contribution >= 0.6 is 63.9 Å². The number of halogens is 3. The number of aromatic nitrogens is 2. The molecule has 2 unspecified atom stereocenters. The van der Waals surface area contributed by atoms with Gasteiger partial charge in [0.1, 0.15) is 0 Å². The van der Waals surface area contributed by atoms with Gasteiger partial charge >= 0.3 is 55.4 Å². The maximum absolute atomic E-state index is 11.6. The number of carbonyl (C=O) groups is 2. The van der Waals surface area contributed by atoms with E-state index in [-0.39, 0.29) is 55.8 Å². The van der Waals surface area contributed by atoms with E-state index in [1.165, 1.54) is 57.2 Å². The monoisotopic (exact) mass is 1070 g/mol. The number of H-pyrrole nitrogens is 2. The summed E-state index contributed by atoms with van der Waals surface area (Å²) in [7, 11) is 0.628. The summed E-state index contributed by atoms with van der Waals surface area (Å²) in [6.07, 6.45) is 7.56. The quantitative estimate of drug-likeness (QED) is 0.131. The van der Waals surface area contributed by atoms with Crippen LogP contribution in [0.4, 0.5) is 0 Å². The minimum atomic E-state index is -0.745. The van der Waals surface area contributed by atoms with Crippen LogP contribution in [0.25, 0.3) is 21.8 Å². The van der Waals surface area contributed by atoms with E-state index in [2.05, 4.69) is 97.7 Å². The molecular weight excluding hydrogens is 1000 g/mol. The standard InChI is InChI=1S/C15H18N2O.C12H14N2.C3H6O2.4C2H6.CH4.3HI.V/c1-2-14(18)16-13-9-5-7-11-10-6-3-4-8-12(10)17-15(11)13;13-10-6-3-5-9-8-4-1-2-7-11(8)14-12(9)10;1-2-3(4)5;4*1-2;;;;;/h3-4,6,8,13,17H,2,5,7,9H2,1H3,(H,16,18);1-2,4,7,10,14H,3,5-6,13H2;2H2,1H3,(H,4,5);4*1-2H3;1H4;3*1H;/q;;;;;;;;;;;+2/p-2. The first-order chi connectivity index (χ1) is 23.3. The Morgan fingerprint density at radius 2 is 1.16 bits per heavy atom. The topological polar surface area (TPSA) is 124 Å². The molecular formula is C39H67I3N4O3V. The van der Waals surface area contributed by atoms with Crippen molar-refractivity contribution in [3.05, 3.63) is 71.0 Å². The van der Waals surface area contributed by atoms with E-state index in [4.69, 9.17) is 10.8 Å². The molecule has 0 radical (unpaired) electrons. The van der Waals surface area contributed by atoms with E-state index >= 15 is 0 Å². The van der Waals surface area contributed by atoms with Crippen molar-refractivity contribution in [3.8, 4) is 0 Å². The summed E-state index contributed by atoms with van der Waals surface area (Å²) in [5.74, 6) is -0.614. The Labute approximate surface area is 350 Å². The number of aromatic amines is 2. The molecule has 2 aliphatic rings. The molecule has 2 aromatic carbocycles. The van der Waals surface area contributed by atoms with Crippen LogP contribution < -0.4 is 11.1 Å². The number of carboxylic acid groups (broad SMARTS) is 1. The Balaban J connectivity index is -0.000000295. The number of carbonyl (C=O) groups excluding carboxylic acids is 1. The molecule has 0 aliphatic heterocycles. The number of rotatable bonds is 3. The van der Waals surface area contributed by atoms with Gasteiger partial charge in [-0.2, -0.15) is 0 Å². The summed E-state index contributed by atoms with van der Waals surface area (Å²) >= 11 is 4.74. The van der Waals surface area contributed by atoms with Crippen LogP contribution in [-0.2, 0) is 31.9 Å². The second-order valence-corrected chi connectivity index (χ2v) is 21.6. The van der Waals surface area contributed by atoms with Crippen molar-refractivity contribution in [2.45, 2.75) is 140 Å². The zero-order chi connectivity index (χ0) is 37.1. The van der Waals surface area contributed by atoms with Crippen molar-refractivity contribution in [1.29, 1.82) is 0 Å². The molecule has 7 nitrogen and oxygen atoms in total. The van der Waals surface area contributed by atoms with Crippen LogP contribution in [0.1, 0.15) is 150 Å². The van der Waals surface area contributed by atoms with Crippen LogP contribution in [0.2, 0.25) is 0 Å². The number of carboxylic acids is 1. The second kappa shape index (κ2) is 35.2. The minimum absolute atomic E-state index is 0. The normalized spacial score (nSPS) is 14.1. The van der Waals surface area contributed by atoms with Gasteiger partial charge in [0.25, 0.3) is 0 Å². The fourth-order valence-corrected chi connectivity index (χ4v) is 5.31. The average Bonchev–Trinajstić information content (AvgIpc) is 3.73. The van der Waals surface area contributed by atoms with Gasteiger partial charge in [0.2, 0.25) is 5.91 Å². The van der Waals surface area contributed by atoms with Crippen LogP contribution in [0.15, 0.2) is 48.5 Å². The number of hydrogen-bond acceptors (Lipinski definition) is 3. The van der Waals surface area contributed by atoms with Crippen molar-refractivity contribution in [2.75, 3.05) is 0 Å². The Morgan fingerprint density at radius 1 is 0.780 bits per heavy atom. The molecule has 1 amide bonds. The summed E-state index contributed by atoms with van der Waals surface area (Å²) in [6.45, 7) is 19.5. The predicted octanol–water partition coefficient (Wildman–Crippen LogP) is 13.2. The third kappa shape index (κ3) is 18.8. The van der Waals surface area contributed by atoms with Crippen LogP contribution in [0.5, 0.6) is 0 Å². The number of hydrogen-bond donors (Lipinski definition) is 5. The molecule has 2 atom stereocenters. The predicted molar refractivity (Wildman–Crippen MR) is 244 cm³/mol. The van der Waals surface area contributed by atoms with Gasteiger partial charge in [0, 0.05) is 52.1 Å². The molecule has 11 heteroatoms. The molecule has 2 heterocycles. The molecule has 4 aromatic rings. The summed E-state index contributed by atoms with van der Waals surface area (Å²) in [6, 6.07) is 17.2. The van der Waals surface area contributed by atoms with Crippen molar-refractivity contribution in [2.24, 2.45) is 5.73 Å². The number of nitrogens with two attached hydrogens (primary N) is 1. The van der Waals surface area contributed by atoms with E-state index in [1.807, 2.05) is 68.4 Å². The Bertz CT molecular complexity index is 1410. The van der Waals surface area contributed by atoms with Crippen LogP contribution in [0.3, 0.4) is 0 Å². The molecule has 0 spiro atoms. The van der Waals surface area contributed by atoms with Crippen LogP contribution in [0, 0.1) is 0 Å². The van der Waals surface area contributed by atoms with E-state index in [0.717, 1.165) is 25.7 Å². The molecule has 0 saturated heterocycles. The molecule has 2 aromatic heterocycles. The van der Waals surface area contributed by atoms with E-state index in [1.54, 1.807) is 6.92 Å². The van der Waals surface area contributed by atoms with Gasteiger partial charge in [-0.3, -0.25) is 9.59 Å². The molecule has 287 valence electrons. The fraction of sp³-hybridized carbons (Fsp3) is 0.538. The summed E-state index contributed by atoms with van der Waals surface area (Å²) in [5, 5.41) is 13.5. The zero-order valence-electron chi connectivity index (χ0n) is 31.4. The van der Waals surface area contributed by atoms with Gasteiger partial charge in [0.05, 0.1) is 6.04 Å². The first-order valence-electron chi connectivity index (χ1n) is 17.7. The average molecular weight is 1070 g/mol. The Hall–Kier alpha value is -0.806. The van der Waals surface area contributed by atoms with Gasteiger partial charge in [-0.25, -0.2) is 0 Å². The molecule has 0 saturated carbocycles. The van der Waals surface area contributed by atoms with Crippen molar-refractivity contribution >= 4 is 97.6 Å². The Morgan fingerprint density at radius 3 is 1.58 bits per heavy atom. The molecule has 0 bridgehead atoms. The first-order valence-corrected chi connectivity index (χ1v) is 26.7. The van der Waals surface area contributed by atoms with Gasteiger partial charge in [-0.15, -0.1) is 24.0 Å². The van der Waals surface area contributed by atoms with Gasteiger partial charge < -0.3 is 26.1 Å². The second-order valence-electron chi connectivity index (χ2n) is 9.80. The zero-order valence-corrected chi connectivity index (χ0v) is 39.4. The molecule has 6 rings (SSSR count). The number of amides is 1. The molecule has 50 heavy (non-hydrogen) atoms. The third-order valence-corrected chi connectivity index (χ3v) is 7.23. The van der Waals surface area contributed by atoms with E-state index in [0.29, 0.717) is 15.9 Å². The first kappa shape index (κ1) is 55.9. The number of aryl methyl sites for hydroxylation is 2. The molecule has 0 fully saturated rings. The van der Waals surface area contributed by atoms with E-state index < -0.39 is 5.97 Å². The van der Waals surface area contributed by atoms with Gasteiger partial charge in [-0.05, 0) is 61.8 Å². The van der Waals surface area contributed by atoms with Crippen molar-refractivity contribution in [1.82, 2.24) is 15.3 Å². The van der Waals surface area contributed by atoms with Gasteiger partial charge in [-0.1, -0.05) is 113 Å². The fourth-order valence-electron chi connectivity index (χ4n) is 5.31. The van der Waals surface area contributed by atoms with Crippen molar-refractivity contribution in [3.63, 3.8) is 0 Å². The number of fused-ring (bicyclic) bond motifs is 6. The van der Waals surface area contributed by atoms with E-state index in [9.17, 15) is 9.59 Å². The SMILES string of the molecule is C.CC.CC.CC.CC.CCC(=O)NC1CCCc2c1[nH]c1ccccc21.CCC(=O)O.I.NC1CCCc2c1[nH]c1ccccc21.[I][V][I].